The molecule has 0 bridgehead atoms. The first-order valence-electron chi connectivity index (χ1n) is 8.63. The standard InChI is InChI=1S/C24H16O2/c1-26-21-14-13-15-7-2-3-8-16(15)22(21)20-12-6-11-18-17-9-4-5-10-19(17)24(25)23(18)20/h2-14H,1H3. The van der Waals surface area contributed by atoms with Crippen LogP contribution in [-0.4, -0.2) is 12.9 Å². The van der Waals surface area contributed by atoms with E-state index in [0.717, 1.165) is 49.9 Å². The molecular weight excluding hydrogens is 320 g/mol. The van der Waals surface area contributed by atoms with Crippen molar-refractivity contribution >= 4 is 16.6 Å². The van der Waals surface area contributed by atoms with E-state index >= 15 is 0 Å². The Morgan fingerprint density at radius 1 is 0.615 bits per heavy atom. The van der Waals surface area contributed by atoms with E-state index in [1.165, 1.54) is 0 Å². The maximum atomic E-state index is 13.2. The molecule has 0 heterocycles. The average molecular weight is 336 g/mol. The Bertz CT molecular complexity index is 1190. The van der Waals surface area contributed by atoms with Gasteiger partial charge in [0.2, 0.25) is 0 Å². The van der Waals surface area contributed by atoms with E-state index in [1.807, 2.05) is 60.7 Å². The minimum atomic E-state index is 0.0844. The number of carbonyl (C=O) groups is 1. The molecule has 2 nitrogen and oxygen atoms in total. The molecule has 0 N–H and O–H groups in total. The molecule has 5 rings (SSSR count). The zero-order valence-electron chi connectivity index (χ0n) is 14.3. The first-order chi connectivity index (χ1) is 12.8. The Hall–Kier alpha value is -3.39. The van der Waals surface area contributed by atoms with Gasteiger partial charge in [0.15, 0.2) is 5.78 Å². The molecular formula is C24H16O2. The minimum absolute atomic E-state index is 0.0844. The van der Waals surface area contributed by atoms with Crippen molar-refractivity contribution < 1.29 is 9.53 Å². The van der Waals surface area contributed by atoms with E-state index in [2.05, 4.69) is 18.2 Å². The lowest BCUT2D eigenvalue weighted by Crippen LogP contribution is -1.99. The Balaban J connectivity index is 1.89. The van der Waals surface area contributed by atoms with Crippen molar-refractivity contribution in [2.24, 2.45) is 0 Å². The summed E-state index contributed by atoms with van der Waals surface area (Å²) < 4.78 is 5.67. The molecule has 2 heteroatoms. The average Bonchev–Trinajstić information content (AvgIpc) is 3.00. The van der Waals surface area contributed by atoms with E-state index < -0.39 is 0 Å². The van der Waals surface area contributed by atoms with Crippen LogP contribution in [-0.2, 0) is 0 Å². The van der Waals surface area contributed by atoms with Gasteiger partial charge in [-0.15, -0.1) is 0 Å². The van der Waals surface area contributed by atoms with Crippen molar-refractivity contribution in [1.82, 2.24) is 0 Å². The largest absolute Gasteiger partial charge is 0.496 e. The topological polar surface area (TPSA) is 26.3 Å². The third-order valence-corrected chi connectivity index (χ3v) is 5.13. The number of rotatable bonds is 2. The summed E-state index contributed by atoms with van der Waals surface area (Å²) in [5, 5.41) is 2.22. The predicted molar refractivity (Wildman–Crippen MR) is 105 cm³/mol. The van der Waals surface area contributed by atoms with Crippen LogP contribution in [0.1, 0.15) is 15.9 Å². The van der Waals surface area contributed by atoms with Crippen LogP contribution in [0.5, 0.6) is 5.75 Å². The summed E-state index contributed by atoms with van der Waals surface area (Å²) >= 11 is 0. The van der Waals surface area contributed by atoms with Crippen LogP contribution in [0.25, 0.3) is 33.0 Å². The van der Waals surface area contributed by atoms with E-state index in [-0.39, 0.29) is 5.78 Å². The molecule has 0 saturated carbocycles. The molecule has 0 aromatic heterocycles. The molecule has 26 heavy (non-hydrogen) atoms. The van der Waals surface area contributed by atoms with Crippen molar-refractivity contribution in [3.8, 4) is 28.0 Å². The maximum absolute atomic E-state index is 13.2. The molecule has 0 fully saturated rings. The van der Waals surface area contributed by atoms with Crippen LogP contribution in [0.3, 0.4) is 0 Å². The van der Waals surface area contributed by atoms with Crippen molar-refractivity contribution in [1.29, 1.82) is 0 Å². The first-order valence-corrected chi connectivity index (χ1v) is 8.63. The molecule has 124 valence electrons. The van der Waals surface area contributed by atoms with Crippen LogP contribution in [0.2, 0.25) is 0 Å². The molecule has 0 unspecified atom stereocenters. The maximum Gasteiger partial charge on any atom is 0.194 e. The van der Waals surface area contributed by atoms with Gasteiger partial charge in [-0.3, -0.25) is 4.79 Å². The number of ketones is 1. The molecule has 0 aliphatic heterocycles. The predicted octanol–water partition coefficient (Wildman–Crippen LogP) is 5.73. The quantitative estimate of drug-likeness (QED) is 0.412. The van der Waals surface area contributed by atoms with E-state index in [4.69, 9.17) is 4.74 Å². The van der Waals surface area contributed by atoms with Gasteiger partial charge in [-0.2, -0.15) is 0 Å². The first kappa shape index (κ1) is 14.9. The second-order valence-electron chi connectivity index (χ2n) is 6.47. The number of fused-ring (bicyclic) bond motifs is 4. The minimum Gasteiger partial charge on any atom is -0.496 e. The molecule has 1 aliphatic rings. The highest BCUT2D eigenvalue weighted by Crippen LogP contribution is 2.45. The molecule has 0 atom stereocenters. The Labute approximate surface area is 151 Å². The third-order valence-electron chi connectivity index (χ3n) is 5.13. The lowest BCUT2D eigenvalue weighted by atomic mass is 9.91. The molecule has 0 spiro atoms. The highest BCUT2D eigenvalue weighted by Gasteiger charge is 2.30. The van der Waals surface area contributed by atoms with Gasteiger partial charge in [-0.25, -0.2) is 0 Å². The molecule has 1 aliphatic carbocycles. The van der Waals surface area contributed by atoms with Gasteiger partial charge < -0.3 is 4.74 Å². The van der Waals surface area contributed by atoms with E-state index in [9.17, 15) is 4.79 Å². The number of benzene rings is 4. The number of carbonyl (C=O) groups excluding carboxylic acids is 1. The molecule has 4 aromatic rings. The lowest BCUT2D eigenvalue weighted by molar-refractivity contribution is 0.104. The summed E-state index contributed by atoms with van der Waals surface area (Å²) in [6.45, 7) is 0. The van der Waals surface area contributed by atoms with Crippen molar-refractivity contribution in [2.75, 3.05) is 7.11 Å². The number of hydrogen-bond donors (Lipinski definition) is 0. The van der Waals surface area contributed by atoms with Crippen LogP contribution >= 0.6 is 0 Å². The lowest BCUT2D eigenvalue weighted by Gasteiger charge is -2.15. The number of ether oxygens (including phenoxy) is 1. The summed E-state index contributed by atoms with van der Waals surface area (Å²) in [6.07, 6.45) is 0. The van der Waals surface area contributed by atoms with Crippen LogP contribution in [0.4, 0.5) is 0 Å². The molecule has 0 amide bonds. The fraction of sp³-hybridized carbons (Fsp3) is 0.0417. The van der Waals surface area contributed by atoms with Crippen molar-refractivity contribution in [3.63, 3.8) is 0 Å². The number of hydrogen-bond acceptors (Lipinski definition) is 2. The normalized spacial score (nSPS) is 12.1. The third kappa shape index (κ3) is 1.96. The van der Waals surface area contributed by atoms with Crippen LogP contribution < -0.4 is 4.74 Å². The van der Waals surface area contributed by atoms with Gasteiger partial charge in [0.1, 0.15) is 5.75 Å². The summed E-state index contributed by atoms with van der Waals surface area (Å²) in [5.41, 5.74) is 5.45. The van der Waals surface area contributed by atoms with Gasteiger partial charge in [0.25, 0.3) is 0 Å². The fourth-order valence-corrected chi connectivity index (χ4v) is 3.98. The summed E-state index contributed by atoms with van der Waals surface area (Å²) in [4.78, 5) is 13.2. The zero-order valence-corrected chi connectivity index (χ0v) is 14.3. The summed E-state index contributed by atoms with van der Waals surface area (Å²) in [7, 11) is 1.67. The van der Waals surface area contributed by atoms with Crippen LogP contribution in [0, 0.1) is 0 Å². The smallest absolute Gasteiger partial charge is 0.194 e. The van der Waals surface area contributed by atoms with Gasteiger partial charge in [-0.05, 0) is 33.5 Å². The summed E-state index contributed by atoms with van der Waals surface area (Å²) in [5.74, 6) is 0.863. The molecule has 0 saturated heterocycles. The molecule has 0 radical (unpaired) electrons. The van der Waals surface area contributed by atoms with Gasteiger partial charge in [0.05, 0.1) is 7.11 Å². The fourth-order valence-electron chi connectivity index (χ4n) is 3.98. The highest BCUT2D eigenvalue weighted by molar-refractivity contribution is 6.25. The second-order valence-corrected chi connectivity index (χ2v) is 6.47. The number of methoxy groups -OCH3 is 1. The highest BCUT2D eigenvalue weighted by atomic mass is 16.5. The van der Waals surface area contributed by atoms with Crippen molar-refractivity contribution in [2.45, 2.75) is 0 Å². The van der Waals surface area contributed by atoms with Gasteiger partial charge in [0, 0.05) is 16.7 Å². The molecule has 4 aromatic carbocycles. The summed E-state index contributed by atoms with van der Waals surface area (Å²) in [6, 6.07) is 26.1. The monoisotopic (exact) mass is 336 g/mol. The zero-order chi connectivity index (χ0) is 17.7. The second kappa shape index (κ2) is 5.57. The Morgan fingerprint density at radius 2 is 1.31 bits per heavy atom. The van der Waals surface area contributed by atoms with E-state index in [0.29, 0.717) is 0 Å². The van der Waals surface area contributed by atoms with E-state index in [1.54, 1.807) is 7.11 Å². The van der Waals surface area contributed by atoms with Gasteiger partial charge >= 0.3 is 0 Å². The SMILES string of the molecule is COc1ccc2ccccc2c1-c1cccc2c1C(=O)c1ccccc1-2. The van der Waals surface area contributed by atoms with Gasteiger partial charge in [-0.1, -0.05) is 72.8 Å². The van der Waals surface area contributed by atoms with Crippen LogP contribution in [0.15, 0.2) is 78.9 Å². The van der Waals surface area contributed by atoms with Crippen molar-refractivity contribution in [3.05, 3.63) is 90.0 Å². The Morgan fingerprint density at radius 3 is 2.15 bits per heavy atom. The Kier molecular flexibility index (Phi) is 3.19.